The van der Waals surface area contributed by atoms with Crippen LogP contribution in [0, 0.1) is 11.3 Å². The van der Waals surface area contributed by atoms with Crippen molar-refractivity contribution in [2.75, 3.05) is 0 Å². The Balaban J connectivity index is 1.65. The Hall–Kier alpha value is -3.26. The number of nitriles is 1. The normalized spacial score (nSPS) is 12.2. The number of primary sulfonamides is 1. The summed E-state index contributed by atoms with van der Waals surface area (Å²) >= 11 is 3.34. The molecule has 3 heterocycles. The average molecular weight is 470 g/mol. The van der Waals surface area contributed by atoms with Crippen LogP contribution in [0.4, 0.5) is 0 Å². The predicted molar refractivity (Wildman–Crippen MR) is 111 cm³/mol. The third kappa shape index (κ3) is 3.97. The van der Waals surface area contributed by atoms with Crippen molar-refractivity contribution in [1.29, 1.82) is 5.26 Å². The van der Waals surface area contributed by atoms with Crippen LogP contribution in [-0.2, 0) is 10.0 Å². The Labute approximate surface area is 173 Å². The number of H-pyrrole nitrogens is 1. The van der Waals surface area contributed by atoms with Crippen molar-refractivity contribution in [3.05, 3.63) is 64.7 Å². The summed E-state index contributed by atoms with van der Waals surface area (Å²) in [5, 5.41) is 14.6. The molecule has 0 saturated carbocycles. The topological polar surface area (TPSA) is 139 Å². The third-order valence-corrected chi connectivity index (χ3v) is 5.42. The summed E-state index contributed by atoms with van der Waals surface area (Å²) in [7, 11) is -3.76. The van der Waals surface area contributed by atoms with E-state index in [0.29, 0.717) is 34.1 Å². The van der Waals surface area contributed by atoms with Gasteiger partial charge >= 0.3 is 0 Å². The summed E-state index contributed by atoms with van der Waals surface area (Å²) in [5.41, 5.74) is 2.16. The van der Waals surface area contributed by atoms with Crippen molar-refractivity contribution >= 4 is 48.8 Å². The molecule has 29 heavy (non-hydrogen) atoms. The largest absolute Gasteiger partial charge is 0.457 e. The average Bonchev–Trinajstić information content (AvgIpc) is 3.32. The second kappa shape index (κ2) is 7.29. The molecule has 0 amide bonds. The summed E-state index contributed by atoms with van der Waals surface area (Å²) in [6.07, 6.45) is 3.19. The molecule has 0 aliphatic rings. The zero-order valence-corrected chi connectivity index (χ0v) is 17.0. The first-order valence-corrected chi connectivity index (χ1v) is 10.5. The molecule has 10 heteroatoms. The first kappa shape index (κ1) is 19.1. The molecular weight excluding hydrogens is 458 g/mol. The Morgan fingerprint density at radius 3 is 2.69 bits per heavy atom. The van der Waals surface area contributed by atoms with Crippen molar-refractivity contribution in [1.82, 2.24) is 15.0 Å². The van der Waals surface area contributed by atoms with Crippen molar-refractivity contribution in [3.8, 4) is 17.4 Å². The van der Waals surface area contributed by atoms with Gasteiger partial charge in [0.25, 0.3) is 0 Å². The van der Waals surface area contributed by atoms with E-state index in [4.69, 9.17) is 9.56 Å². The number of halogens is 1. The van der Waals surface area contributed by atoms with Crippen LogP contribution >= 0.6 is 15.9 Å². The molecule has 0 aliphatic carbocycles. The number of nitrogens with zero attached hydrogens (tertiary/aromatic N) is 3. The van der Waals surface area contributed by atoms with Crippen LogP contribution in [-0.4, -0.2) is 23.4 Å². The lowest BCUT2D eigenvalue weighted by atomic mass is 10.2. The fourth-order valence-corrected chi connectivity index (χ4v) is 3.54. The fourth-order valence-electron chi connectivity index (χ4n) is 2.69. The summed E-state index contributed by atoms with van der Waals surface area (Å²) in [6, 6.07) is 13.4. The number of allylic oxidation sites excluding steroid dienone is 1. The molecule has 0 radical (unpaired) electrons. The standard InChI is InChI=1S/C19H12BrN5O3S/c20-13-8-16-19(23-10-13)25-18(24-16)12(9-21)7-14-3-6-17(28-14)11-1-4-15(5-2-11)29(22,26)27/h1-8,10H,(H2,22,26,27)(H,23,24,25)/b12-7+. The van der Waals surface area contributed by atoms with E-state index in [1.165, 1.54) is 12.1 Å². The molecule has 144 valence electrons. The van der Waals surface area contributed by atoms with Crippen LogP contribution < -0.4 is 5.14 Å². The van der Waals surface area contributed by atoms with Crippen molar-refractivity contribution < 1.29 is 12.8 Å². The van der Waals surface area contributed by atoms with Gasteiger partial charge < -0.3 is 9.40 Å². The van der Waals surface area contributed by atoms with Crippen LogP contribution in [0.15, 0.2) is 62.4 Å². The molecule has 8 nitrogen and oxygen atoms in total. The first-order valence-electron chi connectivity index (χ1n) is 8.20. The van der Waals surface area contributed by atoms with Gasteiger partial charge in [-0.15, -0.1) is 0 Å². The predicted octanol–water partition coefficient (Wildman–Crippen LogP) is 3.69. The van der Waals surface area contributed by atoms with E-state index in [9.17, 15) is 13.7 Å². The number of furan rings is 1. The van der Waals surface area contributed by atoms with Gasteiger partial charge in [0, 0.05) is 22.3 Å². The van der Waals surface area contributed by atoms with E-state index in [2.05, 4.69) is 37.0 Å². The van der Waals surface area contributed by atoms with Crippen LogP contribution in [0.1, 0.15) is 11.6 Å². The molecule has 4 aromatic rings. The summed E-state index contributed by atoms with van der Waals surface area (Å²) in [6.45, 7) is 0. The monoisotopic (exact) mass is 469 g/mol. The Morgan fingerprint density at radius 2 is 2.00 bits per heavy atom. The molecule has 0 spiro atoms. The van der Waals surface area contributed by atoms with Gasteiger partial charge in [0.05, 0.1) is 16.0 Å². The Morgan fingerprint density at radius 1 is 1.24 bits per heavy atom. The number of nitrogens with one attached hydrogen (secondary N) is 1. The number of rotatable bonds is 4. The number of imidazole rings is 1. The van der Waals surface area contributed by atoms with Crippen molar-refractivity contribution in [2.45, 2.75) is 4.90 Å². The van der Waals surface area contributed by atoms with E-state index < -0.39 is 10.0 Å². The number of nitrogens with two attached hydrogens (primary N) is 1. The lowest BCUT2D eigenvalue weighted by Gasteiger charge is -2.00. The van der Waals surface area contributed by atoms with Gasteiger partial charge in [-0.05, 0) is 58.4 Å². The van der Waals surface area contributed by atoms with Gasteiger partial charge in [0.15, 0.2) is 11.5 Å². The van der Waals surface area contributed by atoms with Gasteiger partial charge in [-0.1, -0.05) is 0 Å². The number of sulfonamides is 1. The molecule has 3 aromatic heterocycles. The molecule has 0 saturated heterocycles. The molecule has 0 bridgehead atoms. The molecule has 0 unspecified atom stereocenters. The maximum absolute atomic E-state index is 11.4. The Kier molecular flexibility index (Phi) is 4.79. The highest BCUT2D eigenvalue weighted by Crippen LogP contribution is 2.26. The van der Waals surface area contributed by atoms with Gasteiger partial charge in [-0.25, -0.2) is 23.5 Å². The molecule has 1 aromatic carbocycles. The molecule has 0 aliphatic heterocycles. The molecule has 3 N–H and O–H groups in total. The van der Waals surface area contributed by atoms with Crippen LogP contribution in [0.3, 0.4) is 0 Å². The SMILES string of the molecule is N#C/C(=C\c1ccc(-c2ccc(S(N)(=O)=O)cc2)o1)c1nc2ncc(Br)cc2[nH]1. The minimum absolute atomic E-state index is 0.0184. The number of aromatic amines is 1. The maximum atomic E-state index is 11.4. The van der Waals surface area contributed by atoms with E-state index in [0.717, 1.165) is 4.47 Å². The highest BCUT2D eigenvalue weighted by atomic mass is 79.9. The fraction of sp³-hybridized carbons (Fsp3) is 0. The lowest BCUT2D eigenvalue weighted by Crippen LogP contribution is -2.11. The minimum atomic E-state index is -3.76. The number of pyridine rings is 1. The lowest BCUT2D eigenvalue weighted by molar-refractivity contribution is 0.571. The molecule has 0 atom stereocenters. The second-order valence-electron chi connectivity index (χ2n) is 6.05. The third-order valence-electron chi connectivity index (χ3n) is 4.06. The molecule has 0 fully saturated rings. The molecular formula is C19H12BrN5O3S. The van der Waals surface area contributed by atoms with Gasteiger partial charge in [-0.2, -0.15) is 5.26 Å². The minimum Gasteiger partial charge on any atom is -0.457 e. The van der Waals surface area contributed by atoms with E-state index in [-0.39, 0.29) is 10.5 Å². The van der Waals surface area contributed by atoms with Gasteiger partial charge in [0.2, 0.25) is 10.0 Å². The number of benzene rings is 1. The van der Waals surface area contributed by atoms with Gasteiger partial charge in [0.1, 0.15) is 17.6 Å². The number of hydrogen-bond acceptors (Lipinski definition) is 6. The van der Waals surface area contributed by atoms with Crippen LogP contribution in [0.5, 0.6) is 0 Å². The number of hydrogen-bond donors (Lipinski definition) is 2. The number of aromatic nitrogens is 3. The van der Waals surface area contributed by atoms with Crippen molar-refractivity contribution in [2.24, 2.45) is 5.14 Å². The number of fused-ring (bicyclic) bond motifs is 1. The summed E-state index contributed by atoms with van der Waals surface area (Å²) in [4.78, 5) is 11.6. The molecule has 4 rings (SSSR count). The quantitative estimate of drug-likeness (QED) is 0.436. The highest BCUT2D eigenvalue weighted by Gasteiger charge is 2.12. The van der Waals surface area contributed by atoms with Crippen molar-refractivity contribution in [3.63, 3.8) is 0 Å². The van der Waals surface area contributed by atoms with E-state index >= 15 is 0 Å². The zero-order valence-electron chi connectivity index (χ0n) is 14.6. The first-order chi connectivity index (χ1) is 13.8. The summed E-state index contributed by atoms with van der Waals surface area (Å²) in [5.74, 6) is 1.34. The summed E-state index contributed by atoms with van der Waals surface area (Å²) < 4.78 is 29.3. The zero-order chi connectivity index (χ0) is 20.6. The smallest absolute Gasteiger partial charge is 0.238 e. The van der Waals surface area contributed by atoms with E-state index in [1.807, 2.05) is 6.07 Å². The van der Waals surface area contributed by atoms with Gasteiger partial charge in [-0.3, -0.25) is 0 Å². The maximum Gasteiger partial charge on any atom is 0.238 e. The highest BCUT2D eigenvalue weighted by molar-refractivity contribution is 9.10. The van der Waals surface area contributed by atoms with E-state index in [1.54, 1.807) is 36.5 Å². The van der Waals surface area contributed by atoms with Crippen LogP contribution in [0.25, 0.3) is 34.1 Å². The Bertz CT molecular complexity index is 1400. The van der Waals surface area contributed by atoms with Crippen LogP contribution in [0.2, 0.25) is 0 Å². The second-order valence-corrected chi connectivity index (χ2v) is 8.53.